The van der Waals surface area contributed by atoms with Gasteiger partial charge in [-0.3, -0.25) is 14.5 Å². The second-order valence-corrected chi connectivity index (χ2v) is 9.49. The fourth-order valence-corrected chi connectivity index (χ4v) is 4.97. The Kier molecular flexibility index (Phi) is 5.75. The summed E-state index contributed by atoms with van der Waals surface area (Å²) in [4.78, 5) is 30.4. The summed E-state index contributed by atoms with van der Waals surface area (Å²) in [5, 5.41) is 3.40. The molecule has 6 nitrogen and oxygen atoms in total. The van der Waals surface area contributed by atoms with Crippen LogP contribution in [-0.2, 0) is 23.7 Å². The first-order chi connectivity index (χ1) is 14.7. The SMILES string of the molecule is CC1CN(CC(=O)N2CC(C)(C)c3c2cc(Cc2ccccc2F)c(=O)n3C)CCN1. The van der Waals surface area contributed by atoms with E-state index in [9.17, 15) is 14.0 Å². The number of halogens is 1. The second kappa shape index (κ2) is 8.20. The van der Waals surface area contributed by atoms with Crippen LogP contribution in [-0.4, -0.2) is 54.1 Å². The summed E-state index contributed by atoms with van der Waals surface area (Å²) in [5.74, 6) is -0.289. The van der Waals surface area contributed by atoms with Gasteiger partial charge < -0.3 is 14.8 Å². The van der Waals surface area contributed by atoms with Gasteiger partial charge >= 0.3 is 0 Å². The molecule has 1 saturated heterocycles. The Balaban J connectivity index is 1.68. The lowest BCUT2D eigenvalue weighted by Gasteiger charge is -2.32. The van der Waals surface area contributed by atoms with Crippen LogP contribution in [0.15, 0.2) is 35.1 Å². The minimum Gasteiger partial charge on any atom is -0.313 e. The van der Waals surface area contributed by atoms with Crippen LogP contribution in [0.25, 0.3) is 0 Å². The summed E-state index contributed by atoms with van der Waals surface area (Å²) in [5.41, 5.74) is 2.12. The maximum atomic E-state index is 14.2. The summed E-state index contributed by atoms with van der Waals surface area (Å²) in [7, 11) is 1.75. The number of hydrogen-bond donors (Lipinski definition) is 1. The number of fused-ring (bicyclic) bond motifs is 1. The molecule has 0 saturated carbocycles. The van der Waals surface area contributed by atoms with Gasteiger partial charge in [-0.15, -0.1) is 0 Å². The Morgan fingerprint density at radius 3 is 2.71 bits per heavy atom. The highest BCUT2D eigenvalue weighted by molar-refractivity contribution is 5.97. The van der Waals surface area contributed by atoms with E-state index in [2.05, 4.69) is 31.0 Å². The Morgan fingerprint density at radius 1 is 1.26 bits per heavy atom. The van der Waals surface area contributed by atoms with Crippen molar-refractivity contribution in [3.8, 4) is 0 Å². The third-order valence-corrected chi connectivity index (χ3v) is 6.41. The van der Waals surface area contributed by atoms with Crippen molar-refractivity contribution in [2.45, 2.75) is 38.6 Å². The average Bonchev–Trinajstić information content (AvgIpc) is 2.98. The zero-order chi connectivity index (χ0) is 22.3. The van der Waals surface area contributed by atoms with E-state index < -0.39 is 0 Å². The Bertz CT molecular complexity index is 1060. The van der Waals surface area contributed by atoms with Crippen molar-refractivity contribution in [2.75, 3.05) is 37.6 Å². The molecule has 7 heteroatoms. The molecule has 2 aliphatic heterocycles. The molecule has 4 rings (SSSR count). The number of amides is 1. The molecule has 1 aromatic carbocycles. The fraction of sp³-hybridized carbons (Fsp3) is 0.500. The summed E-state index contributed by atoms with van der Waals surface area (Å²) >= 11 is 0. The highest BCUT2D eigenvalue weighted by Gasteiger charge is 2.41. The minimum absolute atomic E-state index is 0.0383. The summed E-state index contributed by atoms with van der Waals surface area (Å²) in [6.45, 7) is 9.66. The number of carbonyl (C=O) groups excluding carboxylic acids is 1. The number of aromatic nitrogens is 1. The van der Waals surface area contributed by atoms with Crippen LogP contribution in [0.4, 0.5) is 10.1 Å². The number of anilines is 1. The molecule has 0 spiro atoms. The van der Waals surface area contributed by atoms with Gasteiger partial charge in [-0.25, -0.2) is 4.39 Å². The zero-order valence-corrected chi connectivity index (χ0v) is 18.7. The first-order valence-electron chi connectivity index (χ1n) is 10.9. The molecule has 1 unspecified atom stereocenters. The zero-order valence-electron chi connectivity index (χ0n) is 18.7. The van der Waals surface area contributed by atoms with Crippen molar-refractivity contribution >= 4 is 11.6 Å². The van der Waals surface area contributed by atoms with Gasteiger partial charge in [0.25, 0.3) is 5.56 Å². The summed E-state index contributed by atoms with van der Waals surface area (Å²) in [6.07, 6.45) is 0.199. The Labute approximate surface area is 182 Å². The van der Waals surface area contributed by atoms with E-state index in [-0.39, 0.29) is 29.1 Å². The van der Waals surface area contributed by atoms with E-state index in [1.807, 2.05) is 4.90 Å². The third kappa shape index (κ3) is 4.16. The molecule has 1 amide bonds. The predicted molar refractivity (Wildman–Crippen MR) is 120 cm³/mol. The highest BCUT2D eigenvalue weighted by atomic mass is 19.1. The molecule has 31 heavy (non-hydrogen) atoms. The minimum atomic E-state index is -0.341. The largest absolute Gasteiger partial charge is 0.313 e. The number of pyridine rings is 1. The molecule has 1 N–H and O–H groups in total. The Morgan fingerprint density at radius 2 is 2.00 bits per heavy atom. The highest BCUT2D eigenvalue weighted by Crippen LogP contribution is 2.40. The number of nitrogens with zero attached hydrogens (tertiary/aromatic N) is 3. The number of piperazine rings is 1. The lowest BCUT2D eigenvalue weighted by Crippen LogP contribution is -2.52. The molecule has 2 aromatic rings. The number of carbonyl (C=O) groups is 1. The average molecular weight is 427 g/mol. The van der Waals surface area contributed by atoms with Gasteiger partial charge in [-0.2, -0.15) is 0 Å². The van der Waals surface area contributed by atoms with Gasteiger partial charge in [0.05, 0.1) is 17.9 Å². The van der Waals surface area contributed by atoms with E-state index in [1.54, 1.807) is 35.9 Å². The molecule has 1 aromatic heterocycles. The van der Waals surface area contributed by atoms with Crippen LogP contribution in [0.3, 0.4) is 0 Å². The topological polar surface area (TPSA) is 57.6 Å². The van der Waals surface area contributed by atoms with Crippen LogP contribution in [0, 0.1) is 5.82 Å². The van der Waals surface area contributed by atoms with Crippen LogP contribution < -0.4 is 15.8 Å². The van der Waals surface area contributed by atoms with E-state index >= 15 is 0 Å². The maximum absolute atomic E-state index is 14.2. The van der Waals surface area contributed by atoms with Gasteiger partial charge in [0.1, 0.15) is 5.82 Å². The van der Waals surface area contributed by atoms with E-state index in [1.165, 1.54) is 6.07 Å². The molecule has 0 aliphatic carbocycles. The van der Waals surface area contributed by atoms with Crippen LogP contribution >= 0.6 is 0 Å². The smallest absolute Gasteiger partial charge is 0.254 e. The number of rotatable bonds is 4. The lowest BCUT2D eigenvalue weighted by molar-refractivity contribution is -0.120. The van der Waals surface area contributed by atoms with Crippen molar-refractivity contribution in [3.63, 3.8) is 0 Å². The molecule has 2 aliphatic rings. The van der Waals surface area contributed by atoms with Crippen molar-refractivity contribution < 1.29 is 9.18 Å². The number of benzene rings is 1. The normalized spacial score (nSPS) is 20.7. The van der Waals surface area contributed by atoms with Crippen LogP contribution in [0.2, 0.25) is 0 Å². The second-order valence-electron chi connectivity index (χ2n) is 9.49. The maximum Gasteiger partial charge on any atom is 0.254 e. The van der Waals surface area contributed by atoms with Crippen molar-refractivity contribution in [1.29, 1.82) is 0 Å². The Hall–Kier alpha value is -2.51. The monoisotopic (exact) mass is 426 g/mol. The van der Waals surface area contributed by atoms with Gasteiger partial charge in [-0.1, -0.05) is 32.0 Å². The lowest BCUT2D eigenvalue weighted by atomic mass is 9.90. The third-order valence-electron chi connectivity index (χ3n) is 6.41. The molecule has 1 atom stereocenters. The fourth-order valence-electron chi connectivity index (χ4n) is 4.97. The standard InChI is InChI=1S/C24H31FN4O2/c1-16-13-28(10-9-26-16)14-21(30)29-15-24(2,3)22-20(29)12-18(23(31)27(22)4)11-17-7-5-6-8-19(17)25/h5-8,12,16,26H,9-11,13-15H2,1-4H3. The molecule has 1 fully saturated rings. The summed E-state index contributed by atoms with van der Waals surface area (Å²) < 4.78 is 15.9. The molecule has 0 bridgehead atoms. The van der Waals surface area contributed by atoms with Gasteiger partial charge in [-0.05, 0) is 24.6 Å². The number of hydrogen-bond acceptors (Lipinski definition) is 4. The van der Waals surface area contributed by atoms with E-state index in [0.29, 0.717) is 30.3 Å². The number of nitrogens with one attached hydrogen (secondary N) is 1. The summed E-state index contributed by atoms with van der Waals surface area (Å²) in [6, 6.07) is 8.67. The molecule has 166 valence electrons. The van der Waals surface area contributed by atoms with Crippen LogP contribution in [0.1, 0.15) is 37.6 Å². The van der Waals surface area contributed by atoms with Gasteiger partial charge in [0.15, 0.2) is 0 Å². The first-order valence-corrected chi connectivity index (χ1v) is 10.9. The quantitative estimate of drug-likeness (QED) is 0.813. The molecular weight excluding hydrogens is 395 g/mol. The first kappa shape index (κ1) is 21.7. The van der Waals surface area contributed by atoms with E-state index in [0.717, 1.165) is 31.0 Å². The van der Waals surface area contributed by atoms with Gasteiger partial charge in [0.2, 0.25) is 5.91 Å². The molecular formula is C24H31FN4O2. The van der Waals surface area contributed by atoms with Crippen LogP contribution in [0.5, 0.6) is 0 Å². The molecule has 3 heterocycles. The molecule has 0 radical (unpaired) electrons. The van der Waals surface area contributed by atoms with Crippen molar-refractivity contribution in [2.24, 2.45) is 7.05 Å². The van der Waals surface area contributed by atoms with Crippen molar-refractivity contribution in [1.82, 2.24) is 14.8 Å². The van der Waals surface area contributed by atoms with Gasteiger partial charge in [0, 0.05) is 56.7 Å². The predicted octanol–water partition coefficient (Wildman–Crippen LogP) is 2.03. The van der Waals surface area contributed by atoms with Crippen molar-refractivity contribution in [3.05, 3.63) is 63.3 Å². The van der Waals surface area contributed by atoms with E-state index in [4.69, 9.17) is 0 Å².